The Morgan fingerprint density at radius 2 is 1.79 bits per heavy atom. The second kappa shape index (κ2) is 7.91. The molecule has 2 aromatic rings. The molecule has 9 heteroatoms. The number of amides is 2. The number of hydrogen-bond acceptors (Lipinski definition) is 7. The number of fused-ring (bicyclic) bond motifs is 2. The van der Waals surface area contributed by atoms with Crippen molar-refractivity contribution in [1.82, 2.24) is 10.2 Å². The molecule has 33 heavy (non-hydrogen) atoms. The lowest BCUT2D eigenvalue weighted by atomic mass is 9.95. The van der Waals surface area contributed by atoms with Gasteiger partial charge in [0.2, 0.25) is 11.8 Å². The first kappa shape index (κ1) is 21.5. The van der Waals surface area contributed by atoms with Crippen molar-refractivity contribution < 1.29 is 28.7 Å². The van der Waals surface area contributed by atoms with Gasteiger partial charge in [0.05, 0.1) is 12.0 Å². The lowest BCUT2D eigenvalue weighted by Crippen LogP contribution is -2.70. The zero-order valence-corrected chi connectivity index (χ0v) is 18.8. The molecule has 3 aliphatic heterocycles. The minimum Gasteiger partial charge on any atom is -0.419 e. The molecule has 0 radical (unpaired) electrons. The van der Waals surface area contributed by atoms with Crippen LogP contribution in [0.3, 0.4) is 0 Å². The Hall–Kier alpha value is -3.33. The van der Waals surface area contributed by atoms with Crippen molar-refractivity contribution in [1.29, 1.82) is 0 Å². The zero-order chi connectivity index (χ0) is 23.3. The van der Waals surface area contributed by atoms with Gasteiger partial charge in [-0.15, -0.1) is 11.8 Å². The number of rotatable bonds is 5. The first-order chi connectivity index (χ1) is 15.8. The number of carbonyl (C=O) groups excluding carboxylic acids is 4. The summed E-state index contributed by atoms with van der Waals surface area (Å²) in [5, 5.41) is 2.43. The molecule has 5 rings (SSSR count). The summed E-state index contributed by atoms with van der Waals surface area (Å²) in [6.07, 6.45) is -0.970. The van der Waals surface area contributed by atoms with Gasteiger partial charge in [-0.3, -0.25) is 9.59 Å². The van der Waals surface area contributed by atoms with Crippen LogP contribution in [-0.4, -0.2) is 50.9 Å². The molecule has 2 aromatic carbocycles. The van der Waals surface area contributed by atoms with Crippen LogP contribution in [0.2, 0.25) is 0 Å². The Morgan fingerprint density at radius 1 is 1.09 bits per heavy atom. The molecular formula is C24H22N2O6S. The standard InChI is InChI=1S/C24H22N2O6S/c1-24(2)18(22(30)32-23-15-11-7-6-10-14(15)21(29)31-23)26-19(28)17(20(26)33-24)25-16(27)12-13-8-4-3-5-9-13/h3-11,17-18,20,23H,12H2,1-2H3,(H,25,27)/t17?,18-,20+,23?/m0/s1. The molecule has 2 unspecified atom stereocenters. The first-order valence-electron chi connectivity index (χ1n) is 10.6. The largest absolute Gasteiger partial charge is 0.419 e. The molecule has 2 fully saturated rings. The summed E-state index contributed by atoms with van der Waals surface area (Å²) in [6.45, 7) is 3.71. The number of carbonyl (C=O) groups is 4. The highest BCUT2D eigenvalue weighted by Gasteiger charge is 2.64. The predicted octanol–water partition coefficient (Wildman–Crippen LogP) is 2.19. The van der Waals surface area contributed by atoms with Crippen molar-refractivity contribution in [3.05, 3.63) is 71.3 Å². The van der Waals surface area contributed by atoms with E-state index in [4.69, 9.17) is 9.47 Å². The third kappa shape index (κ3) is 3.66. The van der Waals surface area contributed by atoms with Gasteiger partial charge >= 0.3 is 11.9 Å². The number of β-lactam (4-membered cyclic amide) rings is 1. The van der Waals surface area contributed by atoms with E-state index < -0.39 is 35.1 Å². The van der Waals surface area contributed by atoms with Crippen LogP contribution in [0.1, 0.15) is 41.6 Å². The fourth-order valence-electron chi connectivity index (χ4n) is 4.50. The van der Waals surface area contributed by atoms with Crippen LogP contribution in [0.4, 0.5) is 0 Å². The van der Waals surface area contributed by atoms with Crippen LogP contribution in [0, 0.1) is 0 Å². The van der Waals surface area contributed by atoms with Crippen LogP contribution in [0.15, 0.2) is 54.6 Å². The van der Waals surface area contributed by atoms with Crippen LogP contribution in [0.25, 0.3) is 0 Å². The van der Waals surface area contributed by atoms with E-state index in [1.165, 1.54) is 16.7 Å². The van der Waals surface area contributed by atoms with Crippen LogP contribution < -0.4 is 5.32 Å². The highest BCUT2D eigenvalue weighted by molar-refractivity contribution is 8.01. The number of cyclic esters (lactones) is 1. The topological polar surface area (TPSA) is 102 Å². The Kier molecular flexibility index (Phi) is 5.16. The number of nitrogens with one attached hydrogen (secondary N) is 1. The van der Waals surface area contributed by atoms with Crippen molar-refractivity contribution in [2.75, 3.05) is 0 Å². The molecule has 0 saturated carbocycles. The van der Waals surface area contributed by atoms with Gasteiger partial charge in [0.25, 0.3) is 6.29 Å². The predicted molar refractivity (Wildman–Crippen MR) is 119 cm³/mol. The molecule has 0 aromatic heterocycles. The Balaban J connectivity index is 1.27. The molecule has 170 valence electrons. The van der Waals surface area contributed by atoms with E-state index in [1.807, 2.05) is 44.2 Å². The molecule has 3 heterocycles. The summed E-state index contributed by atoms with van der Waals surface area (Å²) < 4.78 is 10.1. The van der Waals surface area contributed by atoms with E-state index in [2.05, 4.69) is 5.32 Å². The fourth-order valence-corrected chi connectivity index (χ4v) is 6.12. The molecular weight excluding hydrogens is 444 g/mol. The van der Waals surface area contributed by atoms with Gasteiger partial charge in [0.1, 0.15) is 17.5 Å². The van der Waals surface area contributed by atoms with E-state index in [0.717, 1.165) is 5.56 Å². The molecule has 0 spiro atoms. The Bertz CT molecular complexity index is 1150. The number of ether oxygens (including phenoxy) is 2. The molecule has 2 saturated heterocycles. The van der Waals surface area contributed by atoms with E-state index in [1.54, 1.807) is 24.3 Å². The van der Waals surface area contributed by atoms with Gasteiger partial charge in [-0.05, 0) is 25.5 Å². The quantitative estimate of drug-likeness (QED) is 0.532. The molecule has 8 nitrogen and oxygen atoms in total. The first-order valence-corrected chi connectivity index (χ1v) is 11.5. The lowest BCUT2D eigenvalue weighted by molar-refractivity contribution is -0.180. The monoisotopic (exact) mass is 466 g/mol. The molecule has 0 aliphatic carbocycles. The lowest BCUT2D eigenvalue weighted by Gasteiger charge is -2.44. The summed E-state index contributed by atoms with van der Waals surface area (Å²) in [6, 6.07) is 14.4. The minimum atomic E-state index is -1.14. The zero-order valence-electron chi connectivity index (χ0n) is 18.0. The summed E-state index contributed by atoms with van der Waals surface area (Å²) >= 11 is 1.44. The van der Waals surface area contributed by atoms with Crippen molar-refractivity contribution in [2.24, 2.45) is 0 Å². The van der Waals surface area contributed by atoms with Gasteiger partial charge < -0.3 is 19.7 Å². The van der Waals surface area contributed by atoms with Crippen molar-refractivity contribution in [3.63, 3.8) is 0 Å². The van der Waals surface area contributed by atoms with E-state index in [-0.39, 0.29) is 23.6 Å². The van der Waals surface area contributed by atoms with E-state index >= 15 is 0 Å². The number of nitrogens with zero attached hydrogens (tertiary/aromatic N) is 1. The average molecular weight is 467 g/mol. The molecule has 2 amide bonds. The normalized spacial score (nSPS) is 26.7. The number of thioether (sulfide) groups is 1. The maximum absolute atomic E-state index is 13.1. The third-order valence-electron chi connectivity index (χ3n) is 6.06. The van der Waals surface area contributed by atoms with E-state index in [9.17, 15) is 19.2 Å². The van der Waals surface area contributed by atoms with Crippen molar-refractivity contribution in [3.8, 4) is 0 Å². The fraction of sp³-hybridized carbons (Fsp3) is 0.333. The second-order valence-corrected chi connectivity index (χ2v) is 10.5. The maximum atomic E-state index is 13.1. The smallest absolute Gasteiger partial charge is 0.342 e. The van der Waals surface area contributed by atoms with Crippen LogP contribution >= 0.6 is 11.8 Å². The van der Waals surface area contributed by atoms with Gasteiger partial charge in [0.15, 0.2) is 0 Å². The molecule has 3 aliphatic rings. The van der Waals surface area contributed by atoms with Crippen LogP contribution in [-0.2, 0) is 30.3 Å². The highest BCUT2D eigenvalue weighted by Crippen LogP contribution is 2.51. The number of hydrogen-bond donors (Lipinski definition) is 1. The highest BCUT2D eigenvalue weighted by atomic mass is 32.2. The maximum Gasteiger partial charge on any atom is 0.342 e. The molecule has 4 atom stereocenters. The summed E-state index contributed by atoms with van der Waals surface area (Å²) in [7, 11) is 0. The molecule has 1 N–H and O–H groups in total. The van der Waals surface area contributed by atoms with Gasteiger partial charge in [0, 0.05) is 10.3 Å². The van der Waals surface area contributed by atoms with E-state index in [0.29, 0.717) is 11.1 Å². The Labute approximate surface area is 194 Å². The number of benzene rings is 2. The molecule has 0 bridgehead atoms. The second-order valence-electron chi connectivity index (χ2n) is 8.73. The van der Waals surface area contributed by atoms with Crippen LogP contribution in [0.5, 0.6) is 0 Å². The van der Waals surface area contributed by atoms with Crippen molar-refractivity contribution >= 4 is 35.5 Å². The van der Waals surface area contributed by atoms with Gasteiger partial charge in [-0.25, -0.2) is 9.59 Å². The Morgan fingerprint density at radius 3 is 2.55 bits per heavy atom. The third-order valence-corrected chi connectivity index (χ3v) is 7.63. The van der Waals surface area contributed by atoms with Gasteiger partial charge in [-0.1, -0.05) is 48.5 Å². The summed E-state index contributed by atoms with van der Waals surface area (Å²) in [5.74, 6) is -1.78. The van der Waals surface area contributed by atoms with Gasteiger partial charge in [-0.2, -0.15) is 0 Å². The van der Waals surface area contributed by atoms with Crippen molar-refractivity contribution in [2.45, 2.75) is 48.8 Å². The number of esters is 2. The summed E-state index contributed by atoms with van der Waals surface area (Å²) in [4.78, 5) is 52.0. The average Bonchev–Trinajstić information content (AvgIpc) is 3.24. The SMILES string of the molecule is CC1(C)S[C@@H]2C(NC(=O)Cc3ccccc3)C(=O)N2[C@H]1C(=O)OC1OC(=O)c2ccccc21. The summed E-state index contributed by atoms with van der Waals surface area (Å²) in [5.41, 5.74) is 1.69. The minimum absolute atomic E-state index is 0.170.